The van der Waals surface area contributed by atoms with Crippen LogP contribution in [0.4, 0.5) is 0 Å². The minimum atomic E-state index is -2.25. The molecule has 0 aliphatic carbocycles. The average molecular weight is 986 g/mol. The molecule has 0 aromatic carbocycles. The van der Waals surface area contributed by atoms with Gasteiger partial charge in [0.15, 0.2) is 22.4 Å². The van der Waals surface area contributed by atoms with Crippen LogP contribution in [0, 0.1) is 29.6 Å². The van der Waals surface area contributed by atoms with Crippen molar-refractivity contribution in [2.45, 2.75) is 276 Å². The van der Waals surface area contributed by atoms with Crippen molar-refractivity contribution in [3.8, 4) is 0 Å². The van der Waals surface area contributed by atoms with Crippen LogP contribution in [-0.4, -0.2) is 107 Å². The van der Waals surface area contributed by atoms with E-state index in [-0.39, 0.29) is 107 Å². The fourth-order valence-corrected chi connectivity index (χ4v) is 13.7. The van der Waals surface area contributed by atoms with Crippen LogP contribution in [-0.2, 0) is 37.3 Å². The van der Waals surface area contributed by atoms with Gasteiger partial charge in [-0.25, -0.2) is 0 Å². The zero-order valence-corrected chi connectivity index (χ0v) is 47.9. The van der Waals surface area contributed by atoms with Crippen molar-refractivity contribution in [1.82, 2.24) is 0 Å². The van der Waals surface area contributed by atoms with E-state index in [4.69, 9.17) is 32.5 Å². The van der Waals surface area contributed by atoms with Crippen molar-refractivity contribution >= 4 is 22.4 Å². The van der Waals surface area contributed by atoms with Crippen LogP contribution < -0.4 is 0 Å². The molecule has 0 saturated carbocycles. The van der Waals surface area contributed by atoms with Crippen LogP contribution in [0.2, 0.25) is 36.3 Å². The van der Waals surface area contributed by atoms with Gasteiger partial charge < -0.3 is 37.6 Å². The number of aliphatic hydroxyl groups is 1. The first kappa shape index (κ1) is 57.6. The summed E-state index contributed by atoms with van der Waals surface area (Å²) >= 11 is 0. The molecule has 0 aromatic heterocycles. The second-order valence-corrected chi connectivity index (χ2v) is 34.9. The summed E-state index contributed by atoms with van der Waals surface area (Å²) in [7, 11) is -4.44. The number of allylic oxidation sites excluding steroid dienone is 2. The van der Waals surface area contributed by atoms with E-state index in [0.717, 1.165) is 68.9 Å². The molecule has 68 heavy (non-hydrogen) atoms. The lowest BCUT2D eigenvalue weighted by Gasteiger charge is -2.53. The lowest BCUT2D eigenvalue weighted by Crippen LogP contribution is -2.63. The Balaban J connectivity index is 1.16. The fourth-order valence-electron chi connectivity index (χ4n) is 11.0. The number of carbonyl (C=O) groups excluding carboxylic acids is 1. The Morgan fingerprint density at radius 2 is 1.41 bits per heavy atom. The molecule has 9 nitrogen and oxygen atoms in total. The van der Waals surface area contributed by atoms with Crippen molar-refractivity contribution in [1.29, 1.82) is 0 Å². The summed E-state index contributed by atoms with van der Waals surface area (Å²) < 4.78 is 48.4. The highest BCUT2D eigenvalue weighted by atomic mass is 28.4. The van der Waals surface area contributed by atoms with Gasteiger partial charge in [0.05, 0.1) is 79.4 Å². The van der Waals surface area contributed by atoms with Crippen molar-refractivity contribution in [2.24, 2.45) is 29.6 Å². The summed E-state index contributed by atoms with van der Waals surface area (Å²) in [6, 6.07) is 0. The van der Waals surface area contributed by atoms with E-state index in [1.54, 1.807) is 6.08 Å². The topological polar surface area (TPSA) is 102 Å². The van der Waals surface area contributed by atoms with E-state index in [0.29, 0.717) is 31.1 Å². The van der Waals surface area contributed by atoms with Gasteiger partial charge in [0.2, 0.25) is 0 Å². The molecule has 0 radical (unpaired) electrons. The summed E-state index contributed by atoms with van der Waals surface area (Å²) in [4.78, 5) is 13.6. The first-order valence-corrected chi connectivity index (χ1v) is 32.9. The SMILES string of the molecule is C=CCC[C@@H]1O[C@@H]([C@@H](C)/C=C/C(=O)CC[C@H]2CC(=C)C(CC[C@H]3C[C@@H](C)C(=C)C(C[C@@H]4O[C@H]5C[C@@H](C)[C@@H](CCC)O[C@H]5[C@H](C)[C@H]4O)O3)O2)[C@@H](O[Si](C)(C)C(C)(C)C)[C@@H](O[Si](C)(C)C(C)(C)C)[C@H]1C. The number of rotatable bonds is 20. The summed E-state index contributed by atoms with van der Waals surface area (Å²) in [5, 5.41) is 11.6. The van der Waals surface area contributed by atoms with E-state index in [9.17, 15) is 9.90 Å². The van der Waals surface area contributed by atoms with Gasteiger partial charge in [0.1, 0.15) is 0 Å². The Morgan fingerprint density at radius 3 is 2.03 bits per heavy atom. The summed E-state index contributed by atoms with van der Waals surface area (Å²) in [5.74, 6) is 0.884. The number of aliphatic hydroxyl groups excluding tert-OH is 1. The summed E-state index contributed by atoms with van der Waals surface area (Å²) in [6.07, 6.45) is 13.9. The third-order valence-electron chi connectivity index (χ3n) is 17.8. The smallest absolute Gasteiger partial charge is 0.192 e. The molecule has 5 rings (SSSR count). The van der Waals surface area contributed by atoms with E-state index in [2.05, 4.69) is 135 Å². The molecule has 1 N–H and O–H groups in total. The van der Waals surface area contributed by atoms with E-state index in [1.165, 1.54) is 0 Å². The highest BCUT2D eigenvalue weighted by Gasteiger charge is 2.54. The molecular weight excluding hydrogens is 885 g/mol. The summed E-state index contributed by atoms with van der Waals surface area (Å²) in [6.45, 7) is 49.2. The maximum absolute atomic E-state index is 13.6. The van der Waals surface area contributed by atoms with Gasteiger partial charge in [0, 0.05) is 30.6 Å². The molecule has 0 amide bonds. The maximum atomic E-state index is 13.6. The molecule has 5 aliphatic rings. The van der Waals surface area contributed by atoms with Crippen LogP contribution in [0.5, 0.6) is 0 Å². The molecule has 5 heterocycles. The van der Waals surface area contributed by atoms with Gasteiger partial charge in [-0.05, 0) is 123 Å². The molecular formula is C57H100O9Si2. The quantitative estimate of drug-likeness (QED) is 0.0726. The maximum Gasteiger partial charge on any atom is 0.192 e. The molecule has 2 unspecified atom stereocenters. The number of fused-ring (bicyclic) bond motifs is 1. The number of hydrogen-bond donors (Lipinski definition) is 1. The van der Waals surface area contributed by atoms with Gasteiger partial charge in [-0.2, -0.15) is 0 Å². The predicted molar refractivity (Wildman–Crippen MR) is 283 cm³/mol. The second kappa shape index (κ2) is 23.7. The van der Waals surface area contributed by atoms with Crippen LogP contribution in [0.1, 0.15) is 160 Å². The van der Waals surface area contributed by atoms with E-state index < -0.39 is 22.7 Å². The normalized spacial score (nSPS) is 38.2. The Labute approximate surface area is 417 Å². The van der Waals surface area contributed by atoms with Crippen LogP contribution in [0.3, 0.4) is 0 Å². The highest BCUT2D eigenvalue weighted by Crippen LogP contribution is 2.47. The lowest BCUT2D eigenvalue weighted by molar-refractivity contribution is -0.259. The van der Waals surface area contributed by atoms with E-state index in [1.807, 2.05) is 6.08 Å². The zero-order valence-electron chi connectivity index (χ0n) is 45.9. The third kappa shape index (κ3) is 14.1. The Kier molecular flexibility index (Phi) is 20.1. The molecule has 5 saturated heterocycles. The number of carbonyl (C=O) groups is 1. The van der Waals surface area contributed by atoms with Crippen molar-refractivity contribution < 1.29 is 42.4 Å². The van der Waals surface area contributed by atoms with Crippen LogP contribution in [0.25, 0.3) is 0 Å². The predicted octanol–water partition coefficient (Wildman–Crippen LogP) is 13.3. The standard InChI is InChI=1S/C57H100O9Si2/c1-20-22-24-47-40(8)54(65-67(16,17)56(10,11)12)55(66-68(18,19)57(13,14)15)52(64-47)35(3)25-26-42(58)27-28-43-32-37(5)46(60-43)30-29-44-31-36(4)39(7)48(61-44)34-49-51(59)41(9)53-50(62-49)33-38(6)45(63-53)23-21-2/h20,25-26,35-36,38,40-41,43-55,59H,1,5,7,21-24,27-34H2,2-4,6,8-19H3/b26-25+/t35-,36+,38+,40-,41+,43-,44-,45+,46?,47-,48?,49-,50-,51+,52-,53-,54-,55+/m0/s1. The van der Waals surface area contributed by atoms with Gasteiger partial charge in [-0.3, -0.25) is 4.79 Å². The molecule has 11 heteroatoms. The summed E-state index contributed by atoms with van der Waals surface area (Å²) in [5.41, 5.74) is 2.19. The van der Waals surface area contributed by atoms with Gasteiger partial charge >= 0.3 is 0 Å². The number of ether oxygens (including phenoxy) is 5. The van der Waals surface area contributed by atoms with E-state index >= 15 is 0 Å². The minimum Gasteiger partial charge on any atom is -0.411 e. The van der Waals surface area contributed by atoms with Gasteiger partial charge in [-0.15, -0.1) is 6.58 Å². The van der Waals surface area contributed by atoms with Gasteiger partial charge in [-0.1, -0.05) is 115 Å². The van der Waals surface area contributed by atoms with Crippen molar-refractivity contribution in [3.63, 3.8) is 0 Å². The molecule has 390 valence electrons. The van der Waals surface area contributed by atoms with Crippen molar-refractivity contribution in [2.75, 3.05) is 0 Å². The molecule has 0 spiro atoms. The number of hydrogen-bond acceptors (Lipinski definition) is 9. The first-order chi connectivity index (χ1) is 31.6. The van der Waals surface area contributed by atoms with Crippen molar-refractivity contribution in [3.05, 3.63) is 49.1 Å². The van der Waals surface area contributed by atoms with Gasteiger partial charge in [0.25, 0.3) is 0 Å². The Hall–Kier alpha value is -1.26. The van der Waals surface area contributed by atoms with Crippen LogP contribution in [0.15, 0.2) is 49.1 Å². The third-order valence-corrected chi connectivity index (χ3v) is 26.8. The van der Waals surface area contributed by atoms with Crippen LogP contribution >= 0.6 is 0 Å². The molecule has 0 aromatic rings. The highest BCUT2D eigenvalue weighted by molar-refractivity contribution is 6.74. The zero-order chi connectivity index (χ0) is 50.7. The average Bonchev–Trinajstić information content (AvgIpc) is 3.61. The molecule has 18 atom stereocenters. The number of ketones is 1. The second-order valence-electron chi connectivity index (χ2n) is 25.4. The Bertz CT molecular complexity index is 1710. The Morgan fingerprint density at radius 1 is 0.779 bits per heavy atom. The molecule has 5 aliphatic heterocycles. The lowest BCUT2D eigenvalue weighted by atomic mass is 9.78. The monoisotopic (exact) mass is 985 g/mol. The molecule has 0 bridgehead atoms. The minimum absolute atomic E-state index is 0.00637. The first-order valence-electron chi connectivity index (χ1n) is 27.1. The fraction of sp³-hybridized carbons (Fsp3) is 0.842. The largest absolute Gasteiger partial charge is 0.411 e. The molecule has 5 fully saturated rings.